The van der Waals surface area contributed by atoms with E-state index in [0.29, 0.717) is 18.8 Å². The van der Waals surface area contributed by atoms with E-state index in [9.17, 15) is 5.11 Å². The Morgan fingerprint density at radius 3 is 3.33 bits per heavy atom. The zero-order valence-corrected chi connectivity index (χ0v) is 6.46. The number of aliphatic hydroxyl groups is 1. The number of guanidine groups is 1. The van der Waals surface area contributed by atoms with Crippen molar-refractivity contribution < 1.29 is 5.11 Å². The number of nitrogens with two attached hydrogens (primary N) is 1. The standard InChI is InChI=1S/C7H10N4O/c8-7-10-5-4(6(12)11-7)2-1-3-9-5/h6,9,12H,2-3H2,(H3,8,10,11). The summed E-state index contributed by atoms with van der Waals surface area (Å²) in [6, 6.07) is 0. The lowest BCUT2D eigenvalue weighted by Gasteiger charge is -2.27. The van der Waals surface area contributed by atoms with Gasteiger partial charge in [-0.15, -0.1) is 0 Å². The topological polar surface area (TPSA) is 82.7 Å². The number of aliphatic hydroxyl groups excluding tert-OH is 1. The lowest BCUT2D eigenvalue weighted by atomic mass is 10.0. The van der Waals surface area contributed by atoms with Crippen molar-refractivity contribution in [3.63, 3.8) is 0 Å². The minimum absolute atomic E-state index is 0.246. The number of rotatable bonds is 0. The second-order valence-electron chi connectivity index (χ2n) is 2.70. The first-order valence-electron chi connectivity index (χ1n) is 3.74. The van der Waals surface area contributed by atoms with Crippen LogP contribution in [0.3, 0.4) is 0 Å². The summed E-state index contributed by atoms with van der Waals surface area (Å²) in [7, 11) is 0. The largest absolute Gasteiger partial charge is 0.370 e. The van der Waals surface area contributed by atoms with E-state index in [1.54, 1.807) is 0 Å². The molecular weight excluding hydrogens is 156 g/mol. The molecule has 0 amide bonds. The Bertz CT molecular complexity index is 258. The van der Waals surface area contributed by atoms with Gasteiger partial charge in [-0.2, -0.15) is 4.99 Å². The maximum absolute atomic E-state index is 9.46. The normalized spacial score (nSPS) is 28.4. The summed E-state index contributed by atoms with van der Waals surface area (Å²) in [5.74, 6) is 0.924. The van der Waals surface area contributed by atoms with E-state index < -0.39 is 6.23 Å². The molecule has 1 unspecified atom stereocenters. The molecule has 2 rings (SSSR count). The van der Waals surface area contributed by atoms with Crippen LogP contribution in [0.4, 0.5) is 0 Å². The molecule has 2 radical (unpaired) electrons. The van der Waals surface area contributed by atoms with Gasteiger partial charge in [-0.05, 0) is 6.42 Å². The molecule has 5 nitrogen and oxygen atoms in total. The fourth-order valence-electron chi connectivity index (χ4n) is 1.26. The minimum Gasteiger partial charge on any atom is -0.370 e. The van der Waals surface area contributed by atoms with Gasteiger partial charge in [-0.3, -0.25) is 0 Å². The first kappa shape index (κ1) is 7.42. The van der Waals surface area contributed by atoms with Crippen LogP contribution in [0.25, 0.3) is 0 Å². The van der Waals surface area contributed by atoms with Gasteiger partial charge in [-0.25, -0.2) is 0 Å². The smallest absolute Gasteiger partial charge is 0.197 e. The minimum atomic E-state index is -0.724. The average Bonchev–Trinajstić information content (AvgIpc) is 2.04. The van der Waals surface area contributed by atoms with Crippen molar-refractivity contribution in [3.8, 4) is 0 Å². The molecule has 2 aliphatic heterocycles. The van der Waals surface area contributed by atoms with Gasteiger partial charge in [0.2, 0.25) is 0 Å². The summed E-state index contributed by atoms with van der Waals surface area (Å²) in [6.45, 7) is 0.655. The first-order valence-corrected chi connectivity index (χ1v) is 3.74. The third-order valence-corrected chi connectivity index (χ3v) is 1.85. The predicted octanol–water partition coefficient (Wildman–Crippen LogP) is -1.49. The Labute approximate surface area is 70.4 Å². The number of hydrogen-bond acceptors (Lipinski definition) is 5. The van der Waals surface area contributed by atoms with E-state index in [-0.39, 0.29) is 5.96 Å². The van der Waals surface area contributed by atoms with E-state index in [0.717, 1.165) is 5.57 Å². The van der Waals surface area contributed by atoms with Crippen molar-refractivity contribution in [2.75, 3.05) is 6.54 Å². The highest BCUT2D eigenvalue weighted by Crippen LogP contribution is 2.19. The fourth-order valence-corrected chi connectivity index (χ4v) is 1.26. The van der Waals surface area contributed by atoms with E-state index >= 15 is 0 Å². The van der Waals surface area contributed by atoms with Crippen molar-refractivity contribution in [2.45, 2.75) is 12.6 Å². The zero-order chi connectivity index (χ0) is 8.55. The Hall–Kier alpha value is -1.23. The Morgan fingerprint density at radius 2 is 2.50 bits per heavy atom. The molecule has 0 aromatic carbocycles. The molecule has 2 aliphatic rings. The van der Waals surface area contributed by atoms with Crippen LogP contribution in [0.2, 0.25) is 0 Å². The van der Waals surface area contributed by atoms with Gasteiger partial charge < -0.3 is 21.5 Å². The first-order chi connectivity index (χ1) is 5.77. The predicted molar refractivity (Wildman–Crippen MR) is 43.7 cm³/mol. The molecule has 5 N–H and O–H groups in total. The number of hydrogen-bond donors (Lipinski definition) is 4. The molecule has 0 aromatic heterocycles. The van der Waals surface area contributed by atoms with E-state index in [1.165, 1.54) is 0 Å². The van der Waals surface area contributed by atoms with Crippen LogP contribution in [0.5, 0.6) is 0 Å². The zero-order valence-electron chi connectivity index (χ0n) is 6.46. The Morgan fingerprint density at radius 1 is 1.67 bits per heavy atom. The van der Waals surface area contributed by atoms with Gasteiger partial charge in [0, 0.05) is 18.5 Å². The summed E-state index contributed by atoms with van der Waals surface area (Å²) in [4.78, 5) is 4.01. The van der Waals surface area contributed by atoms with Crippen LogP contribution in [0, 0.1) is 6.42 Å². The van der Waals surface area contributed by atoms with Crippen LogP contribution >= 0.6 is 0 Å². The van der Waals surface area contributed by atoms with Crippen molar-refractivity contribution in [1.29, 1.82) is 0 Å². The van der Waals surface area contributed by atoms with Crippen molar-refractivity contribution >= 4 is 5.96 Å². The molecule has 5 heteroatoms. The van der Waals surface area contributed by atoms with Crippen LogP contribution in [-0.2, 0) is 0 Å². The molecule has 0 spiro atoms. The van der Waals surface area contributed by atoms with Crippen LogP contribution in [0.15, 0.2) is 16.4 Å². The highest BCUT2D eigenvalue weighted by Gasteiger charge is 2.23. The molecular formula is C7H10N4O. The number of aliphatic imine (C=N–C) groups is 1. The SMILES string of the molecule is NC1=NC2=C(C[C]CN2)C(O)N1. The third-order valence-electron chi connectivity index (χ3n) is 1.85. The number of nitrogens with one attached hydrogen (secondary N) is 2. The quantitative estimate of drug-likeness (QED) is 0.353. The lowest BCUT2D eigenvalue weighted by molar-refractivity contribution is 0.186. The van der Waals surface area contributed by atoms with E-state index in [2.05, 4.69) is 22.0 Å². The van der Waals surface area contributed by atoms with Gasteiger partial charge in [0.05, 0.1) is 0 Å². The Balaban J connectivity index is 2.31. The summed E-state index contributed by atoms with van der Waals surface area (Å²) < 4.78 is 0. The second kappa shape index (κ2) is 2.67. The molecule has 0 saturated carbocycles. The maximum Gasteiger partial charge on any atom is 0.197 e. The highest BCUT2D eigenvalue weighted by atomic mass is 16.3. The molecule has 12 heavy (non-hydrogen) atoms. The molecule has 0 fully saturated rings. The third kappa shape index (κ3) is 1.12. The van der Waals surface area contributed by atoms with E-state index in [4.69, 9.17) is 5.73 Å². The number of nitrogens with zero attached hydrogens (tertiary/aromatic N) is 1. The second-order valence-corrected chi connectivity index (χ2v) is 2.70. The van der Waals surface area contributed by atoms with Crippen molar-refractivity contribution in [2.24, 2.45) is 10.7 Å². The van der Waals surface area contributed by atoms with Crippen LogP contribution < -0.4 is 16.4 Å². The molecule has 0 bridgehead atoms. The van der Waals surface area contributed by atoms with Gasteiger partial charge in [-0.1, -0.05) is 0 Å². The molecule has 0 aliphatic carbocycles. The maximum atomic E-state index is 9.46. The summed E-state index contributed by atoms with van der Waals surface area (Å²) in [5, 5.41) is 15.1. The lowest BCUT2D eigenvalue weighted by Crippen LogP contribution is -2.46. The Kier molecular flexibility index (Phi) is 1.65. The summed E-state index contributed by atoms with van der Waals surface area (Å²) in [6.07, 6.45) is 2.96. The molecule has 0 saturated heterocycles. The fraction of sp³-hybridized carbons (Fsp3) is 0.429. The summed E-state index contributed by atoms with van der Waals surface area (Å²) in [5.41, 5.74) is 6.22. The van der Waals surface area contributed by atoms with Crippen molar-refractivity contribution in [1.82, 2.24) is 10.6 Å². The van der Waals surface area contributed by atoms with Gasteiger partial charge in [0.25, 0.3) is 0 Å². The molecule has 1 atom stereocenters. The van der Waals surface area contributed by atoms with E-state index in [1.807, 2.05) is 0 Å². The van der Waals surface area contributed by atoms with Gasteiger partial charge in [0.1, 0.15) is 5.82 Å². The monoisotopic (exact) mass is 166 g/mol. The van der Waals surface area contributed by atoms with Gasteiger partial charge in [0.15, 0.2) is 12.2 Å². The van der Waals surface area contributed by atoms with Crippen LogP contribution in [-0.4, -0.2) is 23.8 Å². The summed E-state index contributed by atoms with van der Waals surface area (Å²) >= 11 is 0. The molecule has 0 aromatic rings. The van der Waals surface area contributed by atoms with Crippen LogP contribution in [0.1, 0.15) is 6.42 Å². The van der Waals surface area contributed by atoms with Crippen molar-refractivity contribution in [3.05, 3.63) is 17.8 Å². The average molecular weight is 166 g/mol. The molecule has 64 valence electrons. The molecule has 2 heterocycles. The highest BCUT2D eigenvalue weighted by molar-refractivity contribution is 5.80. The van der Waals surface area contributed by atoms with Gasteiger partial charge >= 0.3 is 0 Å².